The van der Waals surface area contributed by atoms with Gasteiger partial charge in [-0.2, -0.15) is 0 Å². The minimum Gasteiger partial charge on any atom is -0.397 e. The first-order valence-electron chi connectivity index (χ1n) is 5.40. The lowest BCUT2D eigenvalue weighted by Gasteiger charge is -2.29. The van der Waals surface area contributed by atoms with Crippen LogP contribution in [0.15, 0.2) is 18.2 Å². The van der Waals surface area contributed by atoms with Gasteiger partial charge in [-0.3, -0.25) is 9.59 Å². The summed E-state index contributed by atoms with van der Waals surface area (Å²) in [4.78, 5) is 24.6. The van der Waals surface area contributed by atoms with E-state index in [0.29, 0.717) is 0 Å². The smallest absolute Gasteiger partial charge is 0.234 e. The molecular weight excluding hydrogens is 223 g/mol. The topological polar surface area (TPSA) is 63.4 Å². The number of carbonyl (C=O) groups is 2. The molecule has 0 atom stereocenters. The summed E-state index contributed by atoms with van der Waals surface area (Å²) in [5.41, 5.74) is 6.04. The lowest BCUT2D eigenvalue weighted by molar-refractivity contribution is -0.130. The number of hydrogen-bond donors (Lipinski definition) is 1. The van der Waals surface area contributed by atoms with Gasteiger partial charge in [0.2, 0.25) is 11.8 Å². The Bertz CT molecular complexity index is 469. The van der Waals surface area contributed by atoms with Crippen LogP contribution in [0, 0.1) is 11.7 Å². The van der Waals surface area contributed by atoms with Crippen LogP contribution in [0.5, 0.6) is 0 Å². The minimum atomic E-state index is -0.520. The number of hydrogen-bond acceptors (Lipinski definition) is 3. The van der Waals surface area contributed by atoms with Gasteiger partial charge in [0.25, 0.3) is 0 Å². The Balaban J connectivity index is 2.41. The molecule has 1 fully saturated rings. The predicted octanol–water partition coefficient (Wildman–Crippen LogP) is 1.70. The van der Waals surface area contributed by atoms with E-state index in [-0.39, 0.29) is 41.9 Å². The van der Waals surface area contributed by atoms with E-state index in [2.05, 4.69) is 0 Å². The number of halogens is 1. The van der Waals surface area contributed by atoms with Crippen molar-refractivity contribution < 1.29 is 14.0 Å². The fourth-order valence-electron chi connectivity index (χ4n) is 1.97. The van der Waals surface area contributed by atoms with E-state index < -0.39 is 5.82 Å². The number of benzene rings is 1. The second-order valence-electron chi connectivity index (χ2n) is 4.34. The van der Waals surface area contributed by atoms with Gasteiger partial charge < -0.3 is 5.73 Å². The number of anilines is 2. The van der Waals surface area contributed by atoms with Gasteiger partial charge >= 0.3 is 0 Å². The van der Waals surface area contributed by atoms with Crippen LogP contribution < -0.4 is 10.6 Å². The van der Waals surface area contributed by atoms with Crippen molar-refractivity contribution in [2.24, 2.45) is 5.92 Å². The summed E-state index contributed by atoms with van der Waals surface area (Å²) in [5, 5.41) is 0. The number of carbonyl (C=O) groups excluding carboxylic acids is 2. The maximum absolute atomic E-state index is 13.1. The highest BCUT2D eigenvalue weighted by Gasteiger charge is 2.32. The molecule has 0 aliphatic carbocycles. The number of rotatable bonds is 1. The number of nitrogen functional groups attached to an aromatic ring is 1. The monoisotopic (exact) mass is 236 g/mol. The van der Waals surface area contributed by atoms with Crippen molar-refractivity contribution in [3.8, 4) is 0 Å². The third-order valence-electron chi connectivity index (χ3n) is 2.78. The van der Waals surface area contributed by atoms with E-state index in [0.717, 1.165) is 11.0 Å². The van der Waals surface area contributed by atoms with E-state index >= 15 is 0 Å². The second kappa shape index (κ2) is 4.16. The zero-order valence-electron chi connectivity index (χ0n) is 9.44. The molecule has 90 valence electrons. The molecule has 0 aromatic heterocycles. The zero-order chi connectivity index (χ0) is 12.6. The summed E-state index contributed by atoms with van der Waals surface area (Å²) in [6.45, 7) is 1.84. The summed E-state index contributed by atoms with van der Waals surface area (Å²) < 4.78 is 13.1. The average Bonchev–Trinajstić information content (AvgIpc) is 2.21. The first kappa shape index (κ1) is 11.6. The van der Waals surface area contributed by atoms with E-state index in [4.69, 9.17) is 5.73 Å². The molecule has 0 spiro atoms. The molecule has 1 aliphatic heterocycles. The van der Waals surface area contributed by atoms with Gasteiger partial charge in [0.1, 0.15) is 5.82 Å². The first-order valence-corrected chi connectivity index (χ1v) is 5.40. The van der Waals surface area contributed by atoms with Crippen molar-refractivity contribution >= 4 is 23.2 Å². The van der Waals surface area contributed by atoms with Crippen LogP contribution in [0.1, 0.15) is 19.8 Å². The molecule has 1 aliphatic rings. The quantitative estimate of drug-likeness (QED) is 0.596. The van der Waals surface area contributed by atoms with Gasteiger partial charge in [-0.25, -0.2) is 9.29 Å². The molecule has 2 amide bonds. The van der Waals surface area contributed by atoms with Crippen LogP contribution >= 0.6 is 0 Å². The molecule has 0 saturated carbocycles. The molecule has 2 rings (SSSR count). The molecule has 1 heterocycles. The van der Waals surface area contributed by atoms with Gasteiger partial charge in [0.05, 0.1) is 11.4 Å². The van der Waals surface area contributed by atoms with Crippen molar-refractivity contribution in [3.63, 3.8) is 0 Å². The van der Waals surface area contributed by atoms with E-state index in [1.807, 2.05) is 6.92 Å². The van der Waals surface area contributed by atoms with E-state index in [9.17, 15) is 14.0 Å². The van der Waals surface area contributed by atoms with Crippen molar-refractivity contribution in [2.75, 3.05) is 10.6 Å². The number of amides is 2. The Hall–Kier alpha value is -1.91. The summed E-state index contributed by atoms with van der Waals surface area (Å²) in [5.74, 6) is -1.15. The van der Waals surface area contributed by atoms with Gasteiger partial charge in [0.15, 0.2) is 0 Å². The lowest BCUT2D eigenvalue weighted by atomic mass is 9.97. The molecule has 5 heteroatoms. The van der Waals surface area contributed by atoms with Crippen LogP contribution in [-0.2, 0) is 9.59 Å². The molecule has 1 aromatic rings. The van der Waals surface area contributed by atoms with E-state index in [1.54, 1.807) is 0 Å². The number of imide groups is 1. The Morgan fingerprint density at radius 2 is 1.88 bits per heavy atom. The summed E-state index contributed by atoms with van der Waals surface area (Å²) in [6, 6.07) is 3.66. The number of nitrogens with two attached hydrogens (primary N) is 1. The van der Waals surface area contributed by atoms with Crippen molar-refractivity contribution in [3.05, 3.63) is 24.0 Å². The molecular formula is C12H13FN2O2. The Kier molecular flexibility index (Phi) is 2.83. The lowest BCUT2D eigenvalue weighted by Crippen LogP contribution is -2.43. The fourth-order valence-corrected chi connectivity index (χ4v) is 1.97. The molecule has 1 aromatic carbocycles. The molecule has 2 N–H and O–H groups in total. The Morgan fingerprint density at radius 1 is 1.29 bits per heavy atom. The maximum atomic E-state index is 13.1. The standard InChI is InChI=1S/C12H13FN2O2/c1-7-4-11(16)15(12(17)5-7)10-6-8(13)2-3-9(10)14/h2-3,6-7H,4-5,14H2,1H3. The van der Waals surface area contributed by atoms with Crippen LogP contribution in [0.3, 0.4) is 0 Å². The molecule has 1 saturated heterocycles. The van der Waals surface area contributed by atoms with Gasteiger partial charge in [-0.15, -0.1) is 0 Å². The van der Waals surface area contributed by atoms with Crippen LogP contribution in [0.4, 0.5) is 15.8 Å². The van der Waals surface area contributed by atoms with E-state index in [1.165, 1.54) is 12.1 Å². The van der Waals surface area contributed by atoms with Crippen LogP contribution in [0.2, 0.25) is 0 Å². The molecule has 4 nitrogen and oxygen atoms in total. The summed E-state index contributed by atoms with van der Waals surface area (Å²) in [6.07, 6.45) is 0.559. The fraction of sp³-hybridized carbons (Fsp3) is 0.333. The SMILES string of the molecule is CC1CC(=O)N(c2cc(F)ccc2N)C(=O)C1. The third-order valence-corrected chi connectivity index (χ3v) is 2.78. The average molecular weight is 236 g/mol. The maximum Gasteiger partial charge on any atom is 0.234 e. The highest BCUT2D eigenvalue weighted by atomic mass is 19.1. The normalized spacial score (nSPS) is 17.6. The number of piperidine rings is 1. The van der Waals surface area contributed by atoms with Gasteiger partial charge in [0, 0.05) is 18.9 Å². The second-order valence-corrected chi connectivity index (χ2v) is 4.34. The third kappa shape index (κ3) is 2.13. The summed E-state index contributed by atoms with van der Waals surface area (Å²) in [7, 11) is 0. The summed E-state index contributed by atoms with van der Waals surface area (Å²) >= 11 is 0. The van der Waals surface area contributed by atoms with Crippen LogP contribution in [0.25, 0.3) is 0 Å². The Morgan fingerprint density at radius 3 is 2.47 bits per heavy atom. The predicted molar refractivity (Wildman–Crippen MR) is 61.7 cm³/mol. The molecule has 0 unspecified atom stereocenters. The van der Waals surface area contributed by atoms with Gasteiger partial charge in [-0.1, -0.05) is 6.92 Å². The van der Waals surface area contributed by atoms with Crippen molar-refractivity contribution in [1.29, 1.82) is 0 Å². The Labute approximate surface area is 98.2 Å². The highest BCUT2D eigenvalue weighted by Crippen LogP contribution is 2.30. The van der Waals surface area contributed by atoms with Gasteiger partial charge in [-0.05, 0) is 18.1 Å². The molecule has 17 heavy (non-hydrogen) atoms. The largest absolute Gasteiger partial charge is 0.397 e. The highest BCUT2D eigenvalue weighted by molar-refractivity contribution is 6.18. The minimum absolute atomic E-state index is 0.0287. The number of nitrogens with zero attached hydrogens (tertiary/aromatic N) is 1. The molecule has 0 bridgehead atoms. The van der Waals surface area contributed by atoms with Crippen molar-refractivity contribution in [2.45, 2.75) is 19.8 Å². The van der Waals surface area contributed by atoms with Crippen molar-refractivity contribution in [1.82, 2.24) is 0 Å². The molecule has 0 radical (unpaired) electrons. The first-order chi connectivity index (χ1) is 7.99. The van der Waals surface area contributed by atoms with Crippen LogP contribution in [-0.4, -0.2) is 11.8 Å². The zero-order valence-corrected chi connectivity index (χ0v) is 9.44.